The average molecular weight is 336 g/mol. The highest BCUT2D eigenvalue weighted by molar-refractivity contribution is 9.10. The highest BCUT2D eigenvalue weighted by atomic mass is 79.9. The Morgan fingerprint density at radius 1 is 1.20 bits per heavy atom. The predicted molar refractivity (Wildman–Crippen MR) is 80.2 cm³/mol. The average Bonchev–Trinajstić information content (AvgIpc) is 3.22. The molecule has 0 saturated heterocycles. The molecule has 0 bridgehead atoms. The molecule has 2 aromatic rings. The molecule has 0 aliphatic heterocycles. The molecule has 104 valence electrons. The van der Waals surface area contributed by atoms with E-state index < -0.39 is 6.04 Å². The third-order valence-electron chi connectivity index (χ3n) is 3.36. The van der Waals surface area contributed by atoms with E-state index in [1.807, 2.05) is 24.3 Å². The molecule has 0 spiro atoms. The van der Waals surface area contributed by atoms with Crippen LogP contribution >= 0.6 is 15.9 Å². The van der Waals surface area contributed by atoms with Crippen molar-refractivity contribution in [2.75, 3.05) is 0 Å². The van der Waals surface area contributed by atoms with E-state index in [9.17, 15) is 4.39 Å². The van der Waals surface area contributed by atoms with Crippen LogP contribution in [0.1, 0.15) is 30.0 Å². The van der Waals surface area contributed by atoms with Gasteiger partial charge in [0.15, 0.2) is 0 Å². The van der Waals surface area contributed by atoms with Crippen molar-refractivity contribution in [3.05, 3.63) is 63.9 Å². The summed E-state index contributed by atoms with van der Waals surface area (Å²) < 4.78 is 20.4. The van der Waals surface area contributed by atoms with Crippen molar-refractivity contribution in [1.82, 2.24) is 0 Å². The molecule has 1 aliphatic rings. The van der Waals surface area contributed by atoms with E-state index in [2.05, 4.69) is 15.9 Å². The van der Waals surface area contributed by atoms with Crippen LogP contribution in [0.5, 0.6) is 5.75 Å². The molecule has 2 aromatic carbocycles. The first kappa shape index (κ1) is 13.6. The molecular formula is C16H15BrFNO. The quantitative estimate of drug-likeness (QED) is 0.909. The summed E-state index contributed by atoms with van der Waals surface area (Å²) >= 11 is 3.36. The van der Waals surface area contributed by atoms with Gasteiger partial charge in [-0.2, -0.15) is 0 Å². The molecule has 4 heteroatoms. The zero-order chi connectivity index (χ0) is 14.1. The Labute approximate surface area is 125 Å². The maximum atomic E-state index is 14.0. The molecule has 2 N–H and O–H groups in total. The lowest BCUT2D eigenvalue weighted by Gasteiger charge is -2.16. The summed E-state index contributed by atoms with van der Waals surface area (Å²) in [6, 6.07) is 11.9. The van der Waals surface area contributed by atoms with Gasteiger partial charge in [-0.15, -0.1) is 0 Å². The van der Waals surface area contributed by atoms with Gasteiger partial charge in [-0.1, -0.05) is 34.1 Å². The third-order valence-corrected chi connectivity index (χ3v) is 4.05. The first-order chi connectivity index (χ1) is 9.65. The molecule has 1 unspecified atom stereocenters. The summed E-state index contributed by atoms with van der Waals surface area (Å²) in [6.45, 7) is 0. The van der Waals surface area contributed by atoms with E-state index in [4.69, 9.17) is 10.5 Å². The van der Waals surface area contributed by atoms with E-state index in [0.29, 0.717) is 16.1 Å². The molecule has 3 rings (SSSR count). The van der Waals surface area contributed by atoms with Crippen molar-refractivity contribution in [1.29, 1.82) is 0 Å². The minimum atomic E-state index is -0.520. The van der Waals surface area contributed by atoms with Crippen LogP contribution < -0.4 is 10.5 Å². The Balaban J connectivity index is 1.91. The van der Waals surface area contributed by atoms with Gasteiger partial charge in [-0.05, 0) is 42.7 Å². The largest absolute Gasteiger partial charge is 0.490 e. The second-order valence-corrected chi connectivity index (χ2v) is 5.86. The predicted octanol–water partition coefficient (Wildman–Crippen LogP) is 4.18. The van der Waals surface area contributed by atoms with Gasteiger partial charge >= 0.3 is 0 Å². The fourth-order valence-corrected chi connectivity index (χ4v) is 2.72. The second-order valence-electron chi connectivity index (χ2n) is 5.00. The Hall–Kier alpha value is -1.39. The summed E-state index contributed by atoms with van der Waals surface area (Å²) in [7, 11) is 0. The summed E-state index contributed by atoms with van der Waals surface area (Å²) in [5.74, 6) is 0.494. The van der Waals surface area contributed by atoms with Crippen molar-refractivity contribution < 1.29 is 9.13 Å². The van der Waals surface area contributed by atoms with Gasteiger partial charge in [0.25, 0.3) is 0 Å². The lowest BCUT2D eigenvalue weighted by atomic mass is 9.99. The standard InChI is InChI=1S/C16H15BrFNO/c17-13-5-2-6-14(18)15(13)16(19)10-3-1-4-12(9-10)20-11-7-8-11/h1-6,9,11,16H,7-8,19H2. The summed E-state index contributed by atoms with van der Waals surface area (Å²) in [6.07, 6.45) is 2.55. The molecule has 1 aliphatic carbocycles. The first-order valence-electron chi connectivity index (χ1n) is 6.61. The number of halogens is 2. The molecule has 0 heterocycles. The van der Waals surface area contributed by atoms with Gasteiger partial charge in [0.1, 0.15) is 11.6 Å². The number of hydrogen-bond acceptors (Lipinski definition) is 2. The van der Waals surface area contributed by atoms with Gasteiger partial charge in [-0.3, -0.25) is 0 Å². The van der Waals surface area contributed by atoms with Crippen LogP contribution in [0.3, 0.4) is 0 Å². The van der Waals surface area contributed by atoms with Crippen molar-refractivity contribution >= 4 is 15.9 Å². The lowest BCUT2D eigenvalue weighted by molar-refractivity contribution is 0.303. The van der Waals surface area contributed by atoms with Crippen LogP contribution in [-0.4, -0.2) is 6.10 Å². The van der Waals surface area contributed by atoms with Gasteiger partial charge in [0.2, 0.25) is 0 Å². The Morgan fingerprint density at radius 2 is 1.95 bits per heavy atom. The normalized spacial score (nSPS) is 15.9. The zero-order valence-electron chi connectivity index (χ0n) is 10.9. The minimum Gasteiger partial charge on any atom is -0.490 e. The molecule has 1 atom stereocenters. The van der Waals surface area contributed by atoms with Crippen LogP contribution in [0.4, 0.5) is 4.39 Å². The number of ether oxygens (including phenoxy) is 1. The number of benzene rings is 2. The maximum absolute atomic E-state index is 14.0. The highest BCUT2D eigenvalue weighted by Gasteiger charge is 2.24. The van der Waals surface area contributed by atoms with Crippen molar-refractivity contribution in [2.24, 2.45) is 5.73 Å². The molecule has 1 fully saturated rings. The topological polar surface area (TPSA) is 35.2 Å². The van der Waals surface area contributed by atoms with Gasteiger partial charge < -0.3 is 10.5 Å². The summed E-state index contributed by atoms with van der Waals surface area (Å²) in [5.41, 5.74) is 7.52. The number of hydrogen-bond donors (Lipinski definition) is 1. The molecule has 0 radical (unpaired) electrons. The SMILES string of the molecule is NC(c1cccc(OC2CC2)c1)c1c(F)cccc1Br. The lowest BCUT2D eigenvalue weighted by Crippen LogP contribution is -2.14. The molecule has 20 heavy (non-hydrogen) atoms. The Morgan fingerprint density at radius 3 is 2.65 bits per heavy atom. The summed E-state index contributed by atoms with van der Waals surface area (Å²) in [5, 5.41) is 0. The third kappa shape index (κ3) is 2.86. The van der Waals surface area contributed by atoms with E-state index in [1.165, 1.54) is 6.07 Å². The number of nitrogens with two attached hydrogens (primary N) is 1. The van der Waals surface area contributed by atoms with Crippen LogP contribution in [-0.2, 0) is 0 Å². The monoisotopic (exact) mass is 335 g/mol. The van der Waals surface area contributed by atoms with Crippen molar-refractivity contribution in [2.45, 2.75) is 25.0 Å². The van der Waals surface area contributed by atoms with E-state index >= 15 is 0 Å². The van der Waals surface area contributed by atoms with Crippen LogP contribution in [0.25, 0.3) is 0 Å². The van der Waals surface area contributed by atoms with Gasteiger partial charge in [0.05, 0.1) is 12.1 Å². The van der Waals surface area contributed by atoms with Crippen molar-refractivity contribution in [3.63, 3.8) is 0 Å². The van der Waals surface area contributed by atoms with Crippen LogP contribution in [0.15, 0.2) is 46.9 Å². The van der Waals surface area contributed by atoms with E-state index in [-0.39, 0.29) is 5.82 Å². The molecule has 0 amide bonds. The fraction of sp³-hybridized carbons (Fsp3) is 0.250. The first-order valence-corrected chi connectivity index (χ1v) is 7.40. The minimum absolute atomic E-state index is 0.305. The van der Waals surface area contributed by atoms with E-state index in [0.717, 1.165) is 24.2 Å². The fourth-order valence-electron chi connectivity index (χ4n) is 2.13. The van der Waals surface area contributed by atoms with Gasteiger partial charge in [0, 0.05) is 10.0 Å². The smallest absolute Gasteiger partial charge is 0.129 e. The molecule has 0 aromatic heterocycles. The van der Waals surface area contributed by atoms with Crippen molar-refractivity contribution in [3.8, 4) is 5.75 Å². The summed E-state index contributed by atoms with van der Waals surface area (Å²) in [4.78, 5) is 0. The van der Waals surface area contributed by atoms with Gasteiger partial charge in [-0.25, -0.2) is 4.39 Å². The van der Waals surface area contributed by atoms with Crippen LogP contribution in [0, 0.1) is 5.82 Å². The molecular weight excluding hydrogens is 321 g/mol. The number of rotatable bonds is 4. The van der Waals surface area contributed by atoms with Crippen LogP contribution in [0.2, 0.25) is 0 Å². The second kappa shape index (κ2) is 5.54. The zero-order valence-corrected chi connectivity index (χ0v) is 12.4. The Bertz CT molecular complexity index is 607. The maximum Gasteiger partial charge on any atom is 0.129 e. The van der Waals surface area contributed by atoms with E-state index in [1.54, 1.807) is 12.1 Å². The highest BCUT2D eigenvalue weighted by Crippen LogP contribution is 2.32. The molecule has 2 nitrogen and oxygen atoms in total. The molecule has 1 saturated carbocycles. The Kier molecular flexibility index (Phi) is 3.76.